The number of methoxy groups -OCH3 is 1. The minimum absolute atomic E-state index is 0.0487. The van der Waals surface area contributed by atoms with Gasteiger partial charge in [-0.3, -0.25) is 15.0 Å². The predicted molar refractivity (Wildman–Crippen MR) is 82.5 cm³/mol. The van der Waals surface area contributed by atoms with Gasteiger partial charge in [0.05, 0.1) is 36.9 Å². The predicted octanol–water partition coefficient (Wildman–Crippen LogP) is 1.96. The van der Waals surface area contributed by atoms with E-state index in [2.05, 4.69) is 11.5 Å². The number of benzene rings is 1. The third-order valence-corrected chi connectivity index (χ3v) is 3.50. The van der Waals surface area contributed by atoms with Crippen molar-refractivity contribution in [2.45, 2.75) is 0 Å². The molecule has 0 atom stereocenters. The van der Waals surface area contributed by atoms with Gasteiger partial charge >= 0.3 is 0 Å². The largest absolute Gasteiger partial charge is 0.493 e. The summed E-state index contributed by atoms with van der Waals surface area (Å²) >= 11 is 0. The Hall–Kier alpha value is -2.12. The summed E-state index contributed by atoms with van der Waals surface area (Å²) in [6.07, 6.45) is 1.44. The molecule has 1 aromatic rings. The number of hydrogen-bond acceptors (Lipinski definition) is 6. The Balaban J connectivity index is 2.05. The molecule has 0 spiro atoms. The second-order valence-corrected chi connectivity index (χ2v) is 4.83. The number of nitro groups is 1. The quantitative estimate of drug-likeness (QED) is 0.566. The minimum Gasteiger partial charge on any atom is -0.493 e. The van der Waals surface area contributed by atoms with Crippen molar-refractivity contribution in [3.05, 3.63) is 34.4 Å². The fraction of sp³-hybridized carbons (Fsp3) is 0.467. The fourth-order valence-corrected chi connectivity index (χ4v) is 2.27. The summed E-state index contributed by atoms with van der Waals surface area (Å²) in [5.41, 5.74) is 0.361. The molecule has 22 heavy (non-hydrogen) atoms. The first-order valence-corrected chi connectivity index (χ1v) is 7.07. The Morgan fingerprint density at radius 3 is 2.73 bits per heavy atom. The zero-order chi connectivity index (χ0) is 15.9. The van der Waals surface area contributed by atoms with Crippen molar-refractivity contribution in [3.63, 3.8) is 0 Å². The maximum atomic E-state index is 11.0. The molecular formula is C15H20N2O5. The van der Waals surface area contributed by atoms with Crippen molar-refractivity contribution in [1.29, 1.82) is 0 Å². The van der Waals surface area contributed by atoms with Crippen LogP contribution in [0.4, 0.5) is 5.69 Å². The molecule has 1 saturated heterocycles. The van der Waals surface area contributed by atoms with E-state index < -0.39 is 4.92 Å². The Morgan fingerprint density at radius 2 is 2.14 bits per heavy atom. The van der Waals surface area contributed by atoms with Crippen molar-refractivity contribution < 1.29 is 19.1 Å². The highest BCUT2D eigenvalue weighted by molar-refractivity contribution is 5.65. The highest BCUT2D eigenvalue weighted by Crippen LogP contribution is 2.35. The SMILES string of the molecule is C=Cc1cc(OCCN2CCOCC2)c(OC)cc1[N+](=O)[O-]. The normalized spacial score (nSPS) is 15.3. The smallest absolute Gasteiger partial charge is 0.280 e. The summed E-state index contributed by atoms with van der Waals surface area (Å²) < 4.78 is 16.2. The van der Waals surface area contributed by atoms with E-state index >= 15 is 0 Å². The summed E-state index contributed by atoms with van der Waals surface area (Å²) in [4.78, 5) is 12.8. The van der Waals surface area contributed by atoms with Gasteiger partial charge in [0.2, 0.25) is 0 Å². The lowest BCUT2D eigenvalue weighted by Crippen LogP contribution is -2.38. The zero-order valence-electron chi connectivity index (χ0n) is 12.6. The monoisotopic (exact) mass is 308 g/mol. The maximum absolute atomic E-state index is 11.0. The molecule has 0 unspecified atom stereocenters. The molecule has 0 bridgehead atoms. The lowest BCUT2D eigenvalue weighted by atomic mass is 10.1. The first-order chi connectivity index (χ1) is 10.7. The first kappa shape index (κ1) is 16.3. The summed E-state index contributed by atoms with van der Waals surface area (Å²) in [5.74, 6) is 0.829. The molecule has 0 aromatic heterocycles. The van der Waals surface area contributed by atoms with E-state index in [1.165, 1.54) is 19.3 Å². The van der Waals surface area contributed by atoms with Gasteiger partial charge in [-0.1, -0.05) is 12.7 Å². The molecule has 1 heterocycles. The van der Waals surface area contributed by atoms with Gasteiger partial charge in [0.15, 0.2) is 11.5 Å². The van der Waals surface area contributed by atoms with E-state index in [1.54, 1.807) is 6.07 Å². The molecule has 120 valence electrons. The van der Waals surface area contributed by atoms with Crippen LogP contribution in [0.5, 0.6) is 11.5 Å². The van der Waals surface area contributed by atoms with Crippen LogP contribution in [-0.2, 0) is 4.74 Å². The van der Waals surface area contributed by atoms with Gasteiger partial charge in [-0.15, -0.1) is 0 Å². The van der Waals surface area contributed by atoms with Crippen molar-refractivity contribution in [2.24, 2.45) is 0 Å². The van der Waals surface area contributed by atoms with Crippen LogP contribution in [0, 0.1) is 10.1 Å². The second-order valence-electron chi connectivity index (χ2n) is 4.83. The Morgan fingerprint density at radius 1 is 1.41 bits per heavy atom. The summed E-state index contributed by atoms with van der Waals surface area (Å²) in [6.45, 7) is 8.10. The number of hydrogen-bond donors (Lipinski definition) is 0. The molecular weight excluding hydrogens is 288 g/mol. The van der Waals surface area contributed by atoms with Crippen LogP contribution in [0.25, 0.3) is 6.08 Å². The molecule has 0 amide bonds. The number of morpholine rings is 1. The van der Waals surface area contributed by atoms with Crippen LogP contribution in [0.2, 0.25) is 0 Å². The average molecular weight is 308 g/mol. The van der Waals surface area contributed by atoms with Crippen LogP contribution < -0.4 is 9.47 Å². The Kier molecular flexibility index (Phi) is 5.74. The lowest BCUT2D eigenvalue weighted by molar-refractivity contribution is -0.385. The topological polar surface area (TPSA) is 74.1 Å². The van der Waals surface area contributed by atoms with Crippen LogP contribution >= 0.6 is 0 Å². The molecule has 1 aliphatic rings. The highest BCUT2D eigenvalue weighted by atomic mass is 16.6. The van der Waals surface area contributed by atoms with Gasteiger partial charge in [-0.2, -0.15) is 0 Å². The summed E-state index contributed by atoms with van der Waals surface area (Å²) in [7, 11) is 1.46. The van der Waals surface area contributed by atoms with Gasteiger partial charge in [-0.25, -0.2) is 0 Å². The van der Waals surface area contributed by atoms with Crippen molar-refractivity contribution >= 4 is 11.8 Å². The molecule has 1 aromatic carbocycles. The van der Waals surface area contributed by atoms with Crippen molar-refractivity contribution in [2.75, 3.05) is 46.6 Å². The van der Waals surface area contributed by atoms with E-state index in [4.69, 9.17) is 14.2 Å². The van der Waals surface area contributed by atoms with E-state index in [1.807, 2.05) is 0 Å². The number of rotatable bonds is 7. The molecule has 2 rings (SSSR count). The van der Waals surface area contributed by atoms with Gasteiger partial charge in [0.1, 0.15) is 6.61 Å². The average Bonchev–Trinajstić information content (AvgIpc) is 2.55. The van der Waals surface area contributed by atoms with Crippen molar-refractivity contribution in [1.82, 2.24) is 4.90 Å². The van der Waals surface area contributed by atoms with E-state index in [-0.39, 0.29) is 5.69 Å². The van der Waals surface area contributed by atoms with E-state index in [0.29, 0.717) is 23.7 Å². The molecule has 1 fully saturated rings. The van der Waals surface area contributed by atoms with E-state index in [0.717, 1.165) is 32.8 Å². The molecule has 0 saturated carbocycles. The van der Waals surface area contributed by atoms with Crippen LogP contribution in [-0.4, -0.2) is 56.4 Å². The van der Waals surface area contributed by atoms with Crippen LogP contribution in [0.1, 0.15) is 5.56 Å². The Bertz CT molecular complexity index is 541. The summed E-state index contributed by atoms with van der Waals surface area (Å²) in [5, 5.41) is 11.0. The van der Waals surface area contributed by atoms with Crippen LogP contribution in [0.15, 0.2) is 18.7 Å². The van der Waals surface area contributed by atoms with Gasteiger partial charge in [0.25, 0.3) is 5.69 Å². The third-order valence-electron chi connectivity index (χ3n) is 3.50. The molecule has 1 aliphatic heterocycles. The minimum atomic E-state index is -0.461. The second kappa shape index (κ2) is 7.77. The standard InChI is InChI=1S/C15H20N2O5/c1-3-12-10-15(14(20-2)11-13(12)17(18)19)22-9-6-16-4-7-21-8-5-16/h3,10-11H,1,4-9H2,2H3. The first-order valence-electron chi connectivity index (χ1n) is 7.07. The molecule has 7 nitrogen and oxygen atoms in total. The number of nitro benzene ring substituents is 1. The highest BCUT2D eigenvalue weighted by Gasteiger charge is 2.18. The summed E-state index contributed by atoms with van der Waals surface area (Å²) in [6, 6.07) is 2.95. The van der Waals surface area contributed by atoms with Crippen molar-refractivity contribution in [3.8, 4) is 11.5 Å². The number of ether oxygens (including phenoxy) is 3. The zero-order valence-corrected chi connectivity index (χ0v) is 12.6. The number of nitrogens with zero attached hydrogens (tertiary/aromatic N) is 2. The van der Waals surface area contributed by atoms with Gasteiger partial charge in [-0.05, 0) is 6.07 Å². The molecule has 7 heteroatoms. The van der Waals surface area contributed by atoms with Crippen LogP contribution in [0.3, 0.4) is 0 Å². The van der Waals surface area contributed by atoms with E-state index in [9.17, 15) is 10.1 Å². The molecule has 0 N–H and O–H groups in total. The molecule has 0 radical (unpaired) electrons. The Labute approximate surface area is 129 Å². The maximum Gasteiger partial charge on any atom is 0.280 e. The molecule has 0 aliphatic carbocycles. The lowest BCUT2D eigenvalue weighted by Gasteiger charge is -2.26. The fourth-order valence-electron chi connectivity index (χ4n) is 2.27. The van der Waals surface area contributed by atoms with Gasteiger partial charge in [0, 0.05) is 19.6 Å². The third kappa shape index (κ3) is 3.96. The van der Waals surface area contributed by atoms with Gasteiger partial charge < -0.3 is 14.2 Å².